The van der Waals surface area contributed by atoms with Gasteiger partial charge in [0.1, 0.15) is 0 Å². The first kappa shape index (κ1) is 18.3. The molecule has 0 N–H and O–H groups in total. The Balaban J connectivity index is 2.53. The molecule has 128 valence electrons. The molecule has 0 aromatic carbocycles. The lowest BCUT2D eigenvalue weighted by atomic mass is 9.63. The Kier molecular flexibility index (Phi) is 5.15. The lowest BCUT2D eigenvalue weighted by Crippen LogP contribution is -2.43. The summed E-state index contributed by atoms with van der Waals surface area (Å²) < 4.78 is 39.9. The van der Waals surface area contributed by atoms with Crippen LogP contribution in [0.15, 0.2) is 22.9 Å². The molecular formula is C18H26F3NSi. The number of nitrogens with zero attached hydrogens (tertiary/aromatic N) is 1. The SMILES string of the molecule is CC[Si](CC)(CC)C1=CC(C(F)(F)F)CC=C1C1(C#N)CCC1. The minimum atomic E-state index is -4.19. The molecule has 2 rings (SSSR count). The number of hydrogen-bond donors (Lipinski definition) is 0. The van der Waals surface area contributed by atoms with Gasteiger partial charge in [0.25, 0.3) is 0 Å². The molecule has 2 aliphatic carbocycles. The monoisotopic (exact) mass is 341 g/mol. The second-order valence-corrected chi connectivity index (χ2v) is 12.2. The topological polar surface area (TPSA) is 23.8 Å². The highest BCUT2D eigenvalue weighted by Gasteiger charge is 2.49. The molecule has 0 spiro atoms. The molecule has 0 saturated heterocycles. The van der Waals surface area contributed by atoms with Crippen molar-refractivity contribution in [3.63, 3.8) is 0 Å². The quantitative estimate of drug-likeness (QED) is 0.549. The lowest BCUT2D eigenvalue weighted by molar-refractivity contribution is -0.160. The van der Waals surface area contributed by atoms with Crippen LogP contribution < -0.4 is 0 Å². The summed E-state index contributed by atoms with van der Waals surface area (Å²) in [5, 5.41) is 10.6. The standard InChI is InChI=1S/C18H26F3NSi/c1-4-23(5-2,6-3)16-12-14(18(19,20)21)8-9-15(16)17(13-22)10-7-11-17/h9,12,14H,4-8,10-11H2,1-3H3. The molecule has 1 unspecified atom stereocenters. The summed E-state index contributed by atoms with van der Waals surface area (Å²) in [5.74, 6) is -1.38. The van der Waals surface area contributed by atoms with Crippen LogP contribution in [-0.2, 0) is 0 Å². The van der Waals surface area contributed by atoms with Gasteiger partial charge < -0.3 is 0 Å². The third kappa shape index (κ3) is 3.02. The Hall–Kier alpha value is -1.02. The van der Waals surface area contributed by atoms with Crippen LogP contribution in [0.1, 0.15) is 46.5 Å². The van der Waals surface area contributed by atoms with Crippen LogP contribution in [0.2, 0.25) is 18.1 Å². The van der Waals surface area contributed by atoms with E-state index in [1.165, 1.54) is 6.08 Å². The highest BCUT2D eigenvalue weighted by molar-refractivity contribution is 6.87. The summed E-state index contributed by atoms with van der Waals surface area (Å²) in [6.45, 7) is 6.32. The van der Waals surface area contributed by atoms with Gasteiger partial charge in [-0.2, -0.15) is 18.4 Å². The van der Waals surface area contributed by atoms with Gasteiger partial charge in [0.05, 0.1) is 25.5 Å². The first-order valence-electron chi connectivity index (χ1n) is 8.70. The van der Waals surface area contributed by atoms with Crippen molar-refractivity contribution >= 4 is 8.07 Å². The average molecular weight is 341 g/mol. The molecule has 2 aliphatic rings. The van der Waals surface area contributed by atoms with Gasteiger partial charge in [-0.15, -0.1) is 0 Å². The Morgan fingerprint density at radius 1 is 1.22 bits per heavy atom. The Morgan fingerprint density at radius 3 is 2.13 bits per heavy atom. The van der Waals surface area contributed by atoms with Gasteiger partial charge in [0.2, 0.25) is 0 Å². The van der Waals surface area contributed by atoms with Crippen LogP contribution in [0.3, 0.4) is 0 Å². The Morgan fingerprint density at radius 2 is 1.78 bits per heavy atom. The van der Waals surface area contributed by atoms with Crippen molar-refractivity contribution in [2.75, 3.05) is 0 Å². The fourth-order valence-corrected chi connectivity index (χ4v) is 8.26. The first-order valence-corrected chi connectivity index (χ1v) is 11.3. The summed E-state index contributed by atoms with van der Waals surface area (Å²) in [7, 11) is -1.97. The van der Waals surface area contributed by atoms with E-state index < -0.39 is 25.6 Å². The van der Waals surface area contributed by atoms with Crippen molar-refractivity contribution in [3.8, 4) is 6.07 Å². The van der Waals surface area contributed by atoms with Gasteiger partial charge in [0.15, 0.2) is 0 Å². The molecule has 1 nitrogen and oxygen atoms in total. The maximum absolute atomic E-state index is 13.3. The second kappa shape index (κ2) is 6.47. The number of allylic oxidation sites excluding steroid dienone is 4. The third-order valence-electron chi connectivity index (χ3n) is 6.19. The molecule has 1 fully saturated rings. The van der Waals surface area contributed by atoms with Gasteiger partial charge in [-0.3, -0.25) is 0 Å². The largest absolute Gasteiger partial charge is 0.395 e. The highest BCUT2D eigenvalue weighted by atomic mass is 28.3. The Bertz CT molecular complexity index is 537. The van der Waals surface area contributed by atoms with Crippen molar-refractivity contribution < 1.29 is 13.2 Å². The van der Waals surface area contributed by atoms with E-state index in [0.29, 0.717) is 0 Å². The molecule has 23 heavy (non-hydrogen) atoms. The summed E-state index contributed by atoms with van der Waals surface area (Å²) in [4.78, 5) is 0. The maximum atomic E-state index is 13.3. The molecule has 0 heterocycles. The minimum Gasteiger partial charge on any atom is -0.197 e. The summed E-state index contributed by atoms with van der Waals surface area (Å²) in [6.07, 6.45) is 1.67. The molecule has 0 aliphatic heterocycles. The summed E-state index contributed by atoms with van der Waals surface area (Å²) >= 11 is 0. The van der Waals surface area contributed by atoms with Gasteiger partial charge >= 0.3 is 6.18 Å². The van der Waals surface area contributed by atoms with Gasteiger partial charge in [-0.1, -0.05) is 56.3 Å². The van der Waals surface area contributed by atoms with Gasteiger partial charge in [-0.05, 0) is 31.3 Å². The number of alkyl halides is 3. The smallest absolute Gasteiger partial charge is 0.197 e. The molecule has 1 atom stereocenters. The van der Waals surface area contributed by atoms with Gasteiger partial charge in [0, 0.05) is 0 Å². The van der Waals surface area contributed by atoms with Crippen molar-refractivity contribution in [1.82, 2.24) is 0 Å². The fraction of sp³-hybridized carbons (Fsp3) is 0.722. The zero-order valence-corrected chi connectivity index (χ0v) is 15.3. The van der Waals surface area contributed by atoms with E-state index >= 15 is 0 Å². The molecule has 0 aromatic rings. The van der Waals surface area contributed by atoms with Crippen LogP contribution in [0.5, 0.6) is 0 Å². The van der Waals surface area contributed by atoms with Crippen molar-refractivity contribution in [2.45, 2.75) is 70.8 Å². The predicted octanol–water partition coefficient (Wildman–Crippen LogP) is 6.16. The third-order valence-corrected chi connectivity index (χ3v) is 11.8. The number of rotatable bonds is 5. The van der Waals surface area contributed by atoms with E-state index in [9.17, 15) is 18.4 Å². The first-order chi connectivity index (χ1) is 10.8. The zero-order chi connectivity index (χ0) is 17.3. The van der Waals surface area contributed by atoms with Crippen LogP contribution in [0.4, 0.5) is 13.2 Å². The average Bonchev–Trinajstić information content (AvgIpc) is 2.49. The predicted molar refractivity (Wildman–Crippen MR) is 89.4 cm³/mol. The minimum absolute atomic E-state index is 0.00656. The van der Waals surface area contributed by atoms with Crippen LogP contribution in [-0.4, -0.2) is 14.3 Å². The molecule has 0 bridgehead atoms. The van der Waals surface area contributed by atoms with Crippen LogP contribution in [0, 0.1) is 22.7 Å². The molecule has 0 amide bonds. The fourth-order valence-electron chi connectivity index (χ4n) is 4.15. The highest BCUT2D eigenvalue weighted by Crippen LogP contribution is 2.54. The summed E-state index contributed by atoms with van der Waals surface area (Å²) in [6, 6.07) is 5.26. The second-order valence-electron chi connectivity index (χ2n) is 6.97. The maximum Gasteiger partial charge on any atom is 0.395 e. The lowest BCUT2D eigenvalue weighted by Gasteiger charge is -2.45. The van der Waals surface area contributed by atoms with Gasteiger partial charge in [-0.25, -0.2) is 0 Å². The van der Waals surface area contributed by atoms with E-state index in [2.05, 4.69) is 26.8 Å². The van der Waals surface area contributed by atoms with Crippen molar-refractivity contribution in [2.24, 2.45) is 11.3 Å². The van der Waals surface area contributed by atoms with E-state index in [4.69, 9.17) is 0 Å². The van der Waals surface area contributed by atoms with Crippen LogP contribution >= 0.6 is 0 Å². The normalized spacial score (nSPS) is 24.3. The van der Waals surface area contributed by atoms with E-state index in [1.807, 2.05) is 0 Å². The number of hydrogen-bond acceptors (Lipinski definition) is 1. The van der Waals surface area contributed by atoms with Crippen molar-refractivity contribution in [1.29, 1.82) is 5.26 Å². The number of halogens is 3. The van der Waals surface area contributed by atoms with E-state index in [-0.39, 0.29) is 6.42 Å². The molecule has 5 heteroatoms. The van der Waals surface area contributed by atoms with E-state index in [0.717, 1.165) is 48.2 Å². The molecule has 0 radical (unpaired) electrons. The molecular weight excluding hydrogens is 315 g/mol. The summed E-state index contributed by atoms with van der Waals surface area (Å²) in [5.41, 5.74) is 0.448. The van der Waals surface area contributed by atoms with E-state index in [1.54, 1.807) is 6.08 Å². The Labute approximate surface area is 138 Å². The number of nitriles is 1. The van der Waals surface area contributed by atoms with Crippen molar-refractivity contribution in [3.05, 3.63) is 22.9 Å². The molecule has 0 aromatic heterocycles. The zero-order valence-electron chi connectivity index (χ0n) is 14.3. The molecule has 1 saturated carbocycles. The van der Waals surface area contributed by atoms with Crippen LogP contribution in [0.25, 0.3) is 0 Å².